The molecule has 6 N–H and O–H groups in total. The van der Waals surface area contributed by atoms with Crippen LogP contribution in [-0.2, 0) is 28.8 Å². The number of aliphatic carboxylic acids is 2. The van der Waals surface area contributed by atoms with Crippen LogP contribution >= 0.6 is 0 Å². The van der Waals surface area contributed by atoms with Crippen molar-refractivity contribution in [3.8, 4) is 0 Å². The minimum absolute atomic E-state index is 0.0630. The van der Waals surface area contributed by atoms with Gasteiger partial charge in [-0.15, -0.1) is 0 Å². The van der Waals surface area contributed by atoms with Gasteiger partial charge in [0.05, 0.1) is 13.1 Å². The molecule has 0 aliphatic carbocycles. The molecule has 3 amide bonds. The molecule has 0 heterocycles. The van der Waals surface area contributed by atoms with E-state index >= 15 is 0 Å². The number of carbonyl (C=O) groups excluding carboxylic acids is 4. The number of carboxylic acids is 2. The highest BCUT2D eigenvalue weighted by molar-refractivity contribution is 5.88. The van der Waals surface area contributed by atoms with Gasteiger partial charge in [-0.1, -0.05) is 78.1 Å². The Labute approximate surface area is 250 Å². The monoisotopic (exact) mass is 598 g/mol. The first kappa shape index (κ1) is 39.0. The molecule has 0 radical (unpaired) electrons. The highest BCUT2D eigenvalue weighted by Crippen LogP contribution is 2.13. The van der Waals surface area contributed by atoms with Gasteiger partial charge in [-0.05, 0) is 19.3 Å². The number of carbonyl (C=O) groups is 6. The first-order chi connectivity index (χ1) is 20.0. The van der Waals surface area contributed by atoms with Crippen molar-refractivity contribution in [3.05, 3.63) is 0 Å². The third-order valence-electron chi connectivity index (χ3n) is 7.06. The van der Waals surface area contributed by atoms with E-state index in [0.717, 1.165) is 51.4 Å². The summed E-state index contributed by atoms with van der Waals surface area (Å²) in [6, 6.07) is -1.17. The van der Waals surface area contributed by atoms with Gasteiger partial charge in [-0.2, -0.15) is 0 Å². The second-order valence-corrected chi connectivity index (χ2v) is 11.1. The van der Waals surface area contributed by atoms with Crippen molar-refractivity contribution in [2.75, 3.05) is 26.2 Å². The van der Waals surface area contributed by atoms with E-state index in [2.05, 4.69) is 10.6 Å². The molecule has 0 aliphatic rings. The number of unbranched alkanes of at least 4 members (excludes halogenated alkanes) is 11. The summed E-state index contributed by atoms with van der Waals surface area (Å²) in [7, 11) is 0. The van der Waals surface area contributed by atoms with Gasteiger partial charge in [-0.3, -0.25) is 24.0 Å². The molecule has 0 saturated heterocycles. The molecule has 242 valence electrons. The summed E-state index contributed by atoms with van der Waals surface area (Å²) in [6.45, 7) is 3.33. The van der Waals surface area contributed by atoms with Crippen molar-refractivity contribution in [3.63, 3.8) is 0 Å². The summed E-state index contributed by atoms with van der Waals surface area (Å²) in [5, 5.41) is 23.2. The van der Waals surface area contributed by atoms with Gasteiger partial charge in [-0.25, -0.2) is 4.79 Å². The molecule has 0 aromatic carbocycles. The zero-order valence-corrected chi connectivity index (χ0v) is 25.7. The molecular weight excluding hydrogens is 544 g/mol. The van der Waals surface area contributed by atoms with Crippen LogP contribution in [0, 0.1) is 5.92 Å². The van der Waals surface area contributed by atoms with E-state index in [1.54, 1.807) is 13.8 Å². The van der Waals surface area contributed by atoms with E-state index in [1.165, 1.54) is 24.2 Å². The van der Waals surface area contributed by atoms with Crippen LogP contribution in [0.4, 0.5) is 0 Å². The lowest BCUT2D eigenvalue weighted by Crippen LogP contribution is -2.45. The predicted octanol–water partition coefficient (Wildman–Crippen LogP) is 3.01. The quantitative estimate of drug-likeness (QED) is 0.0883. The standard InChI is InChI=1S/C30H54N4O8/c1-23(2)25(35)22-34(28(38)21-31)20-19-32-26(36)18-17-24(30(41)42)33-27(37)15-13-11-9-7-5-3-4-6-8-10-12-14-16-29(39)40/h23-24H,3-22,31H2,1-2H3,(H,32,36)(H,33,37)(H,39,40)(H,41,42)/t24-/m0/s1. The molecule has 0 aromatic heterocycles. The number of nitrogens with one attached hydrogen (secondary N) is 2. The summed E-state index contributed by atoms with van der Waals surface area (Å²) < 4.78 is 0. The first-order valence-electron chi connectivity index (χ1n) is 15.5. The molecule has 0 spiro atoms. The number of nitrogens with two attached hydrogens (primary N) is 1. The Morgan fingerprint density at radius 1 is 0.714 bits per heavy atom. The van der Waals surface area contributed by atoms with Gasteiger partial charge < -0.3 is 31.5 Å². The lowest BCUT2D eigenvalue weighted by Gasteiger charge is -2.22. The number of rotatable bonds is 27. The average Bonchev–Trinajstić information content (AvgIpc) is 2.93. The van der Waals surface area contributed by atoms with Gasteiger partial charge in [0.25, 0.3) is 0 Å². The molecule has 12 heteroatoms. The number of hydrogen-bond donors (Lipinski definition) is 5. The number of amides is 3. The minimum atomic E-state index is -1.21. The minimum Gasteiger partial charge on any atom is -0.481 e. The topological polar surface area (TPSA) is 196 Å². The fourth-order valence-electron chi connectivity index (χ4n) is 4.34. The van der Waals surface area contributed by atoms with Crippen LogP contribution in [0.3, 0.4) is 0 Å². The summed E-state index contributed by atoms with van der Waals surface area (Å²) in [5.41, 5.74) is 5.41. The lowest BCUT2D eigenvalue weighted by molar-refractivity contribution is -0.142. The summed E-state index contributed by atoms with van der Waals surface area (Å²) in [4.78, 5) is 71.7. The Kier molecular flexibility index (Phi) is 22.8. The Morgan fingerprint density at radius 3 is 1.67 bits per heavy atom. The molecule has 0 aliphatic heterocycles. The van der Waals surface area contributed by atoms with Crippen molar-refractivity contribution < 1.29 is 39.0 Å². The van der Waals surface area contributed by atoms with E-state index in [1.807, 2.05) is 0 Å². The largest absolute Gasteiger partial charge is 0.481 e. The molecule has 0 saturated carbocycles. The highest BCUT2D eigenvalue weighted by Gasteiger charge is 2.21. The Morgan fingerprint density at radius 2 is 1.21 bits per heavy atom. The third kappa shape index (κ3) is 21.7. The van der Waals surface area contributed by atoms with Gasteiger partial charge >= 0.3 is 11.9 Å². The maximum Gasteiger partial charge on any atom is 0.326 e. The molecule has 0 unspecified atom stereocenters. The summed E-state index contributed by atoms with van der Waals surface area (Å²) in [5.74, 6) is -3.45. The van der Waals surface area contributed by atoms with Gasteiger partial charge in [0.1, 0.15) is 6.04 Å². The molecule has 0 bridgehead atoms. The first-order valence-corrected chi connectivity index (χ1v) is 15.5. The normalized spacial score (nSPS) is 11.6. The van der Waals surface area contributed by atoms with Crippen LogP contribution in [-0.4, -0.2) is 82.8 Å². The van der Waals surface area contributed by atoms with Crippen LogP contribution in [0.15, 0.2) is 0 Å². The smallest absolute Gasteiger partial charge is 0.326 e. The number of Topliss-reactive ketones (excluding diaryl/α,β-unsaturated/α-hetero) is 1. The van der Waals surface area contributed by atoms with Gasteiger partial charge in [0, 0.05) is 38.3 Å². The van der Waals surface area contributed by atoms with Crippen molar-refractivity contribution in [1.82, 2.24) is 15.5 Å². The molecule has 42 heavy (non-hydrogen) atoms. The maximum atomic E-state index is 12.2. The van der Waals surface area contributed by atoms with Crippen LogP contribution in [0.25, 0.3) is 0 Å². The second-order valence-electron chi connectivity index (χ2n) is 11.1. The van der Waals surface area contributed by atoms with Gasteiger partial charge in [0.15, 0.2) is 5.78 Å². The number of nitrogens with zero attached hydrogens (tertiary/aromatic N) is 1. The summed E-state index contributed by atoms with van der Waals surface area (Å²) >= 11 is 0. The zero-order valence-electron chi connectivity index (χ0n) is 25.7. The van der Waals surface area contributed by atoms with Crippen molar-refractivity contribution in [2.45, 2.75) is 123 Å². The van der Waals surface area contributed by atoms with E-state index in [0.29, 0.717) is 6.42 Å². The van der Waals surface area contributed by atoms with Crippen LogP contribution in [0.5, 0.6) is 0 Å². The van der Waals surface area contributed by atoms with Crippen molar-refractivity contribution >= 4 is 35.4 Å². The molecule has 12 nitrogen and oxygen atoms in total. The molecule has 0 aromatic rings. The fourth-order valence-corrected chi connectivity index (χ4v) is 4.34. The van der Waals surface area contributed by atoms with Crippen LogP contribution in [0.1, 0.15) is 117 Å². The number of ketones is 1. The van der Waals surface area contributed by atoms with Gasteiger partial charge in [0.2, 0.25) is 17.7 Å². The Bertz CT molecular complexity index is 834. The number of carboxylic acid groups (broad SMARTS) is 2. The Balaban J connectivity index is 4.04. The highest BCUT2D eigenvalue weighted by atomic mass is 16.4. The summed E-state index contributed by atoms with van der Waals surface area (Å²) in [6.07, 6.45) is 12.6. The van der Waals surface area contributed by atoms with Crippen molar-refractivity contribution in [2.24, 2.45) is 11.7 Å². The molecular formula is C30H54N4O8. The molecule has 0 rings (SSSR count). The third-order valence-corrected chi connectivity index (χ3v) is 7.06. The van der Waals surface area contributed by atoms with E-state index < -0.39 is 29.8 Å². The van der Waals surface area contributed by atoms with Crippen LogP contribution < -0.4 is 16.4 Å². The average molecular weight is 599 g/mol. The second kappa shape index (κ2) is 24.6. The van der Waals surface area contributed by atoms with E-state index in [9.17, 15) is 33.9 Å². The number of hydrogen-bond acceptors (Lipinski definition) is 7. The van der Waals surface area contributed by atoms with Crippen molar-refractivity contribution in [1.29, 1.82) is 0 Å². The lowest BCUT2D eigenvalue weighted by atomic mass is 10.0. The maximum absolute atomic E-state index is 12.2. The van der Waals surface area contributed by atoms with E-state index in [4.69, 9.17) is 10.8 Å². The predicted molar refractivity (Wildman–Crippen MR) is 160 cm³/mol. The SMILES string of the molecule is CC(C)C(=O)CN(CCNC(=O)CC[C@H](NC(=O)CCCCCCCCCCCCCCC(=O)O)C(=O)O)C(=O)CN. The Hall–Kier alpha value is -3.02. The zero-order chi connectivity index (χ0) is 31.8. The molecule has 0 fully saturated rings. The molecule has 1 atom stereocenters. The van der Waals surface area contributed by atoms with E-state index in [-0.39, 0.29) is 69.5 Å². The van der Waals surface area contributed by atoms with Crippen LogP contribution in [0.2, 0.25) is 0 Å². The fraction of sp³-hybridized carbons (Fsp3) is 0.800.